The van der Waals surface area contributed by atoms with Gasteiger partial charge in [-0.1, -0.05) is 36.4 Å². The molecule has 0 radical (unpaired) electrons. The van der Waals surface area contributed by atoms with Gasteiger partial charge in [0.15, 0.2) is 0 Å². The Balaban J connectivity index is 1.51. The van der Waals surface area contributed by atoms with Gasteiger partial charge in [0.05, 0.1) is 11.9 Å². The van der Waals surface area contributed by atoms with E-state index in [4.69, 9.17) is 4.98 Å². The lowest BCUT2D eigenvalue weighted by Crippen LogP contribution is -2.13. The van der Waals surface area contributed by atoms with E-state index in [1.165, 1.54) is 24.2 Å². The van der Waals surface area contributed by atoms with Crippen LogP contribution in [0.15, 0.2) is 72.5 Å². The Hall–Kier alpha value is -3.38. The third-order valence-corrected chi connectivity index (χ3v) is 4.99. The summed E-state index contributed by atoms with van der Waals surface area (Å²) in [4.78, 5) is 24.8. The van der Waals surface area contributed by atoms with Crippen LogP contribution in [-0.2, 0) is 0 Å². The molecule has 132 valence electrons. The van der Waals surface area contributed by atoms with Crippen LogP contribution in [0.5, 0.6) is 0 Å². The Kier molecular flexibility index (Phi) is 4.72. The third kappa shape index (κ3) is 3.75. The third-order valence-electron chi connectivity index (χ3n) is 4.11. The average molecular weight is 372 g/mol. The molecule has 0 fully saturated rings. The maximum atomic E-state index is 12.1. The first kappa shape index (κ1) is 17.1. The highest BCUT2D eigenvalue weighted by atomic mass is 32.1. The van der Waals surface area contributed by atoms with Crippen molar-refractivity contribution in [2.75, 3.05) is 5.32 Å². The van der Waals surface area contributed by atoms with E-state index >= 15 is 0 Å². The Morgan fingerprint density at radius 3 is 2.59 bits per heavy atom. The van der Waals surface area contributed by atoms with Gasteiger partial charge < -0.3 is 5.32 Å². The van der Waals surface area contributed by atoms with Crippen molar-refractivity contribution in [2.45, 2.75) is 6.92 Å². The molecule has 4 aromatic rings. The van der Waals surface area contributed by atoms with Crippen molar-refractivity contribution in [3.8, 4) is 21.8 Å². The Bertz CT molecular complexity index is 1070. The first-order valence-corrected chi connectivity index (χ1v) is 9.28. The highest BCUT2D eigenvalue weighted by molar-refractivity contribution is 7.13. The SMILES string of the molecule is Cc1ccccc1-c1nc(-c2ccc(NC(=O)c3cnccn3)cc2)cs1. The Morgan fingerprint density at radius 1 is 1.04 bits per heavy atom. The highest BCUT2D eigenvalue weighted by Crippen LogP contribution is 2.31. The minimum atomic E-state index is -0.286. The predicted molar refractivity (Wildman–Crippen MR) is 108 cm³/mol. The smallest absolute Gasteiger partial charge is 0.275 e. The monoisotopic (exact) mass is 372 g/mol. The summed E-state index contributed by atoms with van der Waals surface area (Å²) in [7, 11) is 0. The molecule has 4 rings (SSSR count). The summed E-state index contributed by atoms with van der Waals surface area (Å²) in [6.45, 7) is 2.09. The highest BCUT2D eigenvalue weighted by Gasteiger charge is 2.10. The summed E-state index contributed by atoms with van der Waals surface area (Å²) < 4.78 is 0. The second-order valence-corrected chi connectivity index (χ2v) is 6.83. The Labute approximate surface area is 160 Å². The Morgan fingerprint density at radius 2 is 1.85 bits per heavy atom. The number of thiazole rings is 1. The minimum absolute atomic E-state index is 0.281. The van der Waals surface area contributed by atoms with Gasteiger partial charge in [-0.25, -0.2) is 9.97 Å². The minimum Gasteiger partial charge on any atom is -0.321 e. The van der Waals surface area contributed by atoms with Crippen LogP contribution < -0.4 is 5.32 Å². The molecular formula is C21H16N4OS. The zero-order valence-corrected chi connectivity index (χ0v) is 15.4. The molecule has 1 N–H and O–H groups in total. The fourth-order valence-electron chi connectivity index (χ4n) is 2.68. The topological polar surface area (TPSA) is 67.8 Å². The van der Waals surface area contributed by atoms with Gasteiger partial charge in [-0.15, -0.1) is 11.3 Å². The maximum Gasteiger partial charge on any atom is 0.275 e. The predicted octanol–water partition coefficient (Wildman–Crippen LogP) is 4.83. The molecule has 0 bridgehead atoms. The van der Waals surface area contributed by atoms with E-state index in [0.29, 0.717) is 5.69 Å². The first-order chi connectivity index (χ1) is 13.2. The molecule has 27 heavy (non-hydrogen) atoms. The zero-order chi connectivity index (χ0) is 18.6. The molecule has 0 atom stereocenters. The molecule has 0 aliphatic rings. The number of aromatic nitrogens is 3. The molecule has 2 aromatic heterocycles. The molecule has 6 heteroatoms. The van der Waals surface area contributed by atoms with Gasteiger partial charge >= 0.3 is 0 Å². The van der Waals surface area contributed by atoms with E-state index in [9.17, 15) is 4.79 Å². The van der Waals surface area contributed by atoms with E-state index < -0.39 is 0 Å². The number of hydrogen-bond donors (Lipinski definition) is 1. The van der Waals surface area contributed by atoms with Crippen molar-refractivity contribution >= 4 is 22.9 Å². The molecule has 0 saturated carbocycles. The lowest BCUT2D eigenvalue weighted by Gasteiger charge is -2.05. The van der Waals surface area contributed by atoms with E-state index in [0.717, 1.165) is 21.8 Å². The summed E-state index contributed by atoms with van der Waals surface area (Å²) in [5, 5.41) is 5.87. The summed E-state index contributed by atoms with van der Waals surface area (Å²) in [5.41, 5.74) is 5.27. The molecule has 0 saturated heterocycles. The summed E-state index contributed by atoms with van der Waals surface area (Å²) in [6.07, 6.45) is 4.46. The number of anilines is 1. The van der Waals surface area contributed by atoms with Gasteiger partial charge in [-0.05, 0) is 24.6 Å². The molecule has 5 nitrogen and oxygen atoms in total. The number of aryl methyl sites for hydroxylation is 1. The molecular weight excluding hydrogens is 356 g/mol. The number of nitrogens with one attached hydrogen (secondary N) is 1. The van der Waals surface area contributed by atoms with Crippen LogP contribution in [-0.4, -0.2) is 20.9 Å². The van der Waals surface area contributed by atoms with Crippen LogP contribution in [0.25, 0.3) is 21.8 Å². The average Bonchev–Trinajstić information content (AvgIpc) is 3.19. The number of rotatable bonds is 4. The molecule has 0 aliphatic carbocycles. The number of hydrogen-bond acceptors (Lipinski definition) is 5. The van der Waals surface area contributed by atoms with Gasteiger partial charge in [0.2, 0.25) is 0 Å². The van der Waals surface area contributed by atoms with Crippen molar-refractivity contribution in [1.82, 2.24) is 15.0 Å². The van der Waals surface area contributed by atoms with Crippen molar-refractivity contribution in [3.63, 3.8) is 0 Å². The van der Waals surface area contributed by atoms with Crippen LogP contribution in [0, 0.1) is 6.92 Å². The van der Waals surface area contributed by atoms with E-state index in [2.05, 4.69) is 39.7 Å². The lowest BCUT2D eigenvalue weighted by atomic mass is 10.1. The van der Waals surface area contributed by atoms with Gasteiger partial charge in [-0.2, -0.15) is 0 Å². The van der Waals surface area contributed by atoms with Gasteiger partial charge in [0, 0.05) is 34.6 Å². The van der Waals surface area contributed by atoms with Crippen LogP contribution in [0.4, 0.5) is 5.69 Å². The molecule has 2 aromatic carbocycles. The fraction of sp³-hybridized carbons (Fsp3) is 0.0476. The normalized spacial score (nSPS) is 10.6. The van der Waals surface area contributed by atoms with Crippen LogP contribution >= 0.6 is 11.3 Å². The van der Waals surface area contributed by atoms with E-state index in [-0.39, 0.29) is 11.6 Å². The number of carbonyl (C=O) groups excluding carboxylic acids is 1. The summed E-state index contributed by atoms with van der Waals surface area (Å²) in [5.74, 6) is -0.286. The number of amides is 1. The zero-order valence-electron chi connectivity index (χ0n) is 14.6. The van der Waals surface area contributed by atoms with Crippen LogP contribution in [0.3, 0.4) is 0 Å². The quantitative estimate of drug-likeness (QED) is 0.557. The molecule has 0 aliphatic heterocycles. The maximum absolute atomic E-state index is 12.1. The van der Waals surface area contributed by atoms with Crippen molar-refractivity contribution < 1.29 is 4.79 Å². The summed E-state index contributed by atoms with van der Waals surface area (Å²) >= 11 is 1.63. The van der Waals surface area contributed by atoms with Crippen molar-refractivity contribution in [1.29, 1.82) is 0 Å². The second kappa shape index (κ2) is 7.47. The van der Waals surface area contributed by atoms with Gasteiger partial charge in [-0.3, -0.25) is 9.78 Å². The molecule has 2 heterocycles. The largest absolute Gasteiger partial charge is 0.321 e. The van der Waals surface area contributed by atoms with Gasteiger partial charge in [0.25, 0.3) is 5.91 Å². The van der Waals surface area contributed by atoms with Gasteiger partial charge in [0.1, 0.15) is 10.7 Å². The molecule has 0 spiro atoms. The number of carbonyl (C=O) groups is 1. The van der Waals surface area contributed by atoms with Crippen LogP contribution in [0.1, 0.15) is 16.1 Å². The number of nitrogens with zero attached hydrogens (tertiary/aromatic N) is 3. The fourth-order valence-corrected chi connectivity index (χ4v) is 3.60. The van der Waals surface area contributed by atoms with E-state index in [1.54, 1.807) is 11.3 Å². The van der Waals surface area contributed by atoms with Crippen molar-refractivity contribution in [3.05, 3.63) is 83.8 Å². The van der Waals surface area contributed by atoms with E-state index in [1.807, 2.05) is 36.4 Å². The molecule has 0 unspecified atom stereocenters. The molecule has 1 amide bonds. The lowest BCUT2D eigenvalue weighted by molar-refractivity contribution is 0.102. The van der Waals surface area contributed by atoms with Crippen molar-refractivity contribution in [2.24, 2.45) is 0 Å². The van der Waals surface area contributed by atoms with Crippen LogP contribution in [0.2, 0.25) is 0 Å². The first-order valence-electron chi connectivity index (χ1n) is 8.40. The standard InChI is InChI=1S/C21H16N4OS/c1-14-4-2-3-5-17(14)21-25-19(13-27-21)15-6-8-16(9-7-15)24-20(26)18-12-22-10-11-23-18/h2-13H,1H3,(H,24,26). The second-order valence-electron chi connectivity index (χ2n) is 5.97. The summed E-state index contributed by atoms with van der Waals surface area (Å²) in [6, 6.07) is 15.8. The number of benzene rings is 2.